The van der Waals surface area contributed by atoms with E-state index in [0.717, 1.165) is 44.2 Å². The lowest BCUT2D eigenvalue weighted by molar-refractivity contribution is 0.731. The second-order valence-electron chi connectivity index (χ2n) is 6.95. The number of benzene rings is 2. The predicted molar refractivity (Wildman–Crippen MR) is 127 cm³/mol. The molecule has 4 aromatic rings. The van der Waals surface area contributed by atoms with Gasteiger partial charge >= 0.3 is 0 Å². The molecule has 0 amide bonds. The molecule has 30 heavy (non-hydrogen) atoms. The Labute approximate surface area is 185 Å². The summed E-state index contributed by atoms with van der Waals surface area (Å²) in [6, 6.07) is 18.6. The molecule has 0 unspecified atom stereocenters. The summed E-state index contributed by atoms with van der Waals surface area (Å²) in [5, 5.41) is 12.9. The maximum Gasteiger partial charge on any atom is 0.192 e. The van der Waals surface area contributed by atoms with Crippen LogP contribution in [-0.4, -0.2) is 33.8 Å². The zero-order valence-corrected chi connectivity index (χ0v) is 18.7. The quantitative estimate of drug-likeness (QED) is 0.267. The van der Waals surface area contributed by atoms with E-state index >= 15 is 0 Å². The first kappa shape index (κ1) is 20.4. The lowest BCUT2D eigenvalue weighted by Crippen LogP contribution is -2.08. The number of hydrogen-bond donors (Lipinski definition) is 0. The first-order chi connectivity index (χ1) is 14.7. The van der Waals surface area contributed by atoms with E-state index in [1.165, 1.54) is 0 Å². The molecule has 2 heterocycles. The lowest BCUT2D eigenvalue weighted by Gasteiger charge is -2.13. The van der Waals surface area contributed by atoms with Gasteiger partial charge in [0.1, 0.15) is 5.01 Å². The maximum atomic E-state index is 4.78. The summed E-state index contributed by atoms with van der Waals surface area (Å²) in [4.78, 5) is 6.86. The van der Waals surface area contributed by atoms with Crippen LogP contribution in [0.25, 0.3) is 22.0 Å². The van der Waals surface area contributed by atoms with Gasteiger partial charge in [0.25, 0.3) is 0 Å². The van der Waals surface area contributed by atoms with Crippen molar-refractivity contribution in [1.82, 2.24) is 19.7 Å². The van der Waals surface area contributed by atoms with E-state index in [9.17, 15) is 0 Å². The first-order valence-corrected chi connectivity index (χ1v) is 11.5. The van der Waals surface area contributed by atoms with Gasteiger partial charge in [-0.3, -0.25) is 4.57 Å². The van der Waals surface area contributed by atoms with Crippen molar-refractivity contribution in [3.63, 3.8) is 0 Å². The lowest BCUT2D eigenvalue weighted by atomic mass is 10.2. The Balaban J connectivity index is 1.52. The number of thioether (sulfide) groups is 1. The van der Waals surface area contributed by atoms with Crippen LogP contribution in [0, 0.1) is 0 Å². The van der Waals surface area contributed by atoms with Crippen molar-refractivity contribution in [2.24, 2.45) is 0 Å². The Kier molecular flexibility index (Phi) is 6.30. The van der Waals surface area contributed by atoms with Gasteiger partial charge in [0.05, 0.1) is 5.69 Å². The van der Waals surface area contributed by atoms with Gasteiger partial charge in [-0.05, 0) is 24.3 Å². The molecule has 0 bridgehead atoms. The molecule has 5 nitrogen and oxygen atoms in total. The number of hydrogen-bond acceptors (Lipinski definition) is 6. The summed E-state index contributed by atoms with van der Waals surface area (Å²) in [6.45, 7) is 4.56. The average Bonchev–Trinajstić information content (AvgIpc) is 3.40. The summed E-state index contributed by atoms with van der Waals surface area (Å²) in [7, 11) is 4.07. The van der Waals surface area contributed by atoms with E-state index in [4.69, 9.17) is 4.98 Å². The van der Waals surface area contributed by atoms with Crippen LogP contribution in [0.15, 0.2) is 77.8 Å². The maximum absolute atomic E-state index is 4.78. The second kappa shape index (κ2) is 9.28. The third-order valence-corrected chi connectivity index (χ3v) is 6.53. The van der Waals surface area contributed by atoms with Crippen LogP contribution < -0.4 is 4.90 Å². The highest BCUT2D eigenvalue weighted by Crippen LogP contribution is 2.30. The van der Waals surface area contributed by atoms with Crippen molar-refractivity contribution >= 4 is 28.8 Å². The van der Waals surface area contributed by atoms with Crippen LogP contribution in [0.2, 0.25) is 0 Å². The number of anilines is 1. The van der Waals surface area contributed by atoms with E-state index in [2.05, 4.69) is 68.0 Å². The topological polar surface area (TPSA) is 46.8 Å². The third kappa shape index (κ3) is 4.47. The molecule has 0 saturated heterocycles. The van der Waals surface area contributed by atoms with E-state index in [1.807, 2.05) is 38.4 Å². The van der Waals surface area contributed by atoms with Crippen molar-refractivity contribution < 1.29 is 0 Å². The molecular formula is C23H23N5S2. The zero-order valence-electron chi connectivity index (χ0n) is 17.0. The Morgan fingerprint density at radius 3 is 2.50 bits per heavy atom. The SMILES string of the molecule is C=CCn1c(SCc2csc(-c3ccccc3)n2)nnc1-c1ccc(N(C)C)cc1. The van der Waals surface area contributed by atoms with E-state index < -0.39 is 0 Å². The molecule has 0 spiro atoms. The average molecular weight is 434 g/mol. The highest BCUT2D eigenvalue weighted by atomic mass is 32.2. The molecule has 152 valence electrons. The number of allylic oxidation sites excluding steroid dienone is 1. The van der Waals surface area contributed by atoms with Crippen LogP contribution in [0.4, 0.5) is 5.69 Å². The fraction of sp³-hybridized carbons (Fsp3) is 0.174. The summed E-state index contributed by atoms with van der Waals surface area (Å²) < 4.78 is 2.10. The molecule has 0 aliphatic heterocycles. The monoisotopic (exact) mass is 433 g/mol. The van der Waals surface area contributed by atoms with Gasteiger partial charge in [-0.1, -0.05) is 48.2 Å². The fourth-order valence-electron chi connectivity index (χ4n) is 3.04. The van der Waals surface area contributed by atoms with E-state index in [0.29, 0.717) is 6.54 Å². The van der Waals surface area contributed by atoms with Gasteiger partial charge in [-0.25, -0.2) is 4.98 Å². The first-order valence-electron chi connectivity index (χ1n) is 9.60. The van der Waals surface area contributed by atoms with Gasteiger partial charge < -0.3 is 4.90 Å². The van der Waals surface area contributed by atoms with Crippen molar-refractivity contribution in [3.8, 4) is 22.0 Å². The molecule has 0 saturated carbocycles. The molecule has 2 aromatic heterocycles. The summed E-state index contributed by atoms with van der Waals surface area (Å²) in [5.41, 5.74) is 4.40. The van der Waals surface area contributed by atoms with Crippen molar-refractivity contribution in [3.05, 3.63) is 78.3 Å². The molecule has 2 aromatic carbocycles. The molecule has 4 rings (SSSR count). The summed E-state index contributed by atoms with van der Waals surface area (Å²) >= 11 is 3.32. The number of thiazole rings is 1. The molecule has 0 aliphatic carbocycles. The largest absolute Gasteiger partial charge is 0.378 e. The smallest absolute Gasteiger partial charge is 0.192 e. The standard InChI is InChI=1S/C23H23N5S2/c1-4-14-28-21(17-10-12-20(13-11-17)27(2)3)25-26-23(28)30-16-19-15-29-22(24-19)18-8-6-5-7-9-18/h4-13,15H,1,14,16H2,2-3H3. The minimum atomic E-state index is 0.659. The van der Waals surface area contributed by atoms with Crippen LogP contribution in [0.1, 0.15) is 5.69 Å². The predicted octanol–water partition coefficient (Wildman–Crippen LogP) is 5.61. The molecule has 0 atom stereocenters. The van der Waals surface area contributed by atoms with Gasteiger partial charge in [-0.15, -0.1) is 28.1 Å². The Hall–Kier alpha value is -2.90. The zero-order chi connectivity index (χ0) is 20.9. The van der Waals surface area contributed by atoms with Crippen LogP contribution in [0.5, 0.6) is 0 Å². The van der Waals surface area contributed by atoms with Gasteiger partial charge in [0.2, 0.25) is 0 Å². The molecular weight excluding hydrogens is 410 g/mol. The number of nitrogens with zero attached hydrogens (tertiary/aromatic N) is 5. The summed E-state index contributed by atoms with van der Waals surface area (Å²) in [6.07, 6.45) is 1.88. The van der Waals surface area contributed by atoms with Crippen LogP contribution in [0.3, 0.4) is 0 Å². The minimum absolute atomic E-state index is 0.659. The highest BCUT2D eigenvalue weighted by molar-refractivity contribution is 7.98. The Bertz CT molecular complexity index is 1110. The number of aromatic nitrogens is 4. The third-order valence-electron chi connectivity index (χ3n) is 4.59. The van der Waals surface area contributed by atoms with E-state index in [-0.39, 0.29) is 0 Å². The van der Waals surface area contributed by atoms with E-state index in [1.54, 1.807) is 23.1 Å². The normalized spacial score (nSPS) is 10.9. The van der Waals surface area contributed by atoms with Crippen LogP contribution >= 0.6 is 23.1 Å². The van der Waals surface area contributed by atoms with Crippen molar-refractivity contribution in [2.75, 3.05) is 19.0 Å². The second-order valence-corrected chi connectivity index (χ2v) is 8.75. The molecule has 0 aliphatic rings. The Morgan fingerprint density at radius 2 is 1.80 bits per heavy atom. The van der Waals surface area contributed by atoms with Gasteiger partial charge in [-0.2, -0.15) is 0 Å². The molecule has 0 N–H and O–H groups in total. The van der Waals surface area contributed by atoms with Gasteiger partial charge in [0, 0.05) is 48.6 Å². The van der Waals surface area contributed by atoms with Crippen molar-refractivity contribution in [2.45, 2.75) is 17.5 Å². The van der Waals surface area contributed by atoms with Crippen molar-refractivity contribution in [1.29, 1.82) is 0 Å². The summed E-state index contributed by atoms with van der Waals surface area (Å²) in [5.74, 6) is 1.60. The minimum Gasteiger partial charge on any atom is -0.378 e. The van der Waals surface area contributed by atoms with Gasteiger partial charge in [0.15, 0.2) is 11.0 Å². The van der Waals surface area contributed by atoms with Crippen LogP contribution in [-0.2, 0) is 12.3 Å². The molecule has 7 heteroatoms. The fourth-order valence-corrected chi connectivity index (χ4v) is 4.81. The molecule has 0 fully saturated rings. The molecule has 0 radical (unpaired) electrons. The highest BCUT2D eigenvalue weighted by Gasteiger charge is 2.15. The number of rotatable bonds is 8. The Morgan fingerprint density at radius 1 is 1.03 bits per heavy atom.